The van der Waals surface area contributed by atoms with Crippen molar-refractivity contribution in [3.63, 3.8) is 0 Å². The average molecular weight is 656 g/mol. The molecule has 0 unspecified atom stereocenters. The molecular weight excluding hydrogens is 631 g/mol. The average Bonchev–Trinajstić information content (AvgIpc) is 3.76. The van der Waals surface area contributed by atoms with Crippen molar-refractivity contribution in [2.24, 2.45) is 0 Å². The Bertz CT molecular complexity index is 3170. The number of hydrogen-bond acceptors (Lipinski definition) is 5. The predicted octanol–water partition coefficient (Wildman–Crippen LogP) is 12.6. The summed E-state index contributed by atoms with van der Waals surface area (Å²) in [5, 5.41) is 11.8. The summed E-state index contributed by atoms with van der Waals surface area (Å²) < 4.78 is 8.69. The third kappa shape index (κ3) is 4.08. The molecule has 0 bridgehead atoms. The van der Waals surface area contributed by atoms with Gasteiger partial charge in [0.2, 0.25) is 0 Å². The smallest absolute Gasteiger partial charge is 0.165 e. The molecule has 0 radical (unpaired) electrons. The van der Waals surface area contributed by atoms with Crippen molar-refractivity contribution < 1.29 is 4.42 Å². The molecule has 0 atom stereocenters. The fraction of sp³-hybridized carbons (Fsp3) is 0. The highest BCUT2D eigenvalue weighted by molar-refractivity contribution is 7.26. The van der Waals surface area contributed by atoms with E-state index in [1.54, 1.807) is 11.3 Å². The summed E-state index contributed by atoms with van der Waals surface area (Å²) in [4.78, 5) is 15.7. The number of benzene rings is 8. The second-order valence-corrected chi connectivity index (χ2v) is 13.8. The van der Waals surface area contributed by atoms with Crippen molar-refractivity contribution in [2.45, 2.75) is 0 Å². The summed E-state index contributed by atoms with van der Waals surface area (Å²) in [5.74, 6) is 1.90. The quantitative estimate of drug-likeness (QED) is 0.178. The van der Waals surface area contributed by atoms with Crippen LogP contribution in [0, 0.1) is 0 Å². The van der Waals surface area contributed by atoms with Crippen LogP contribution in [0.25, 0.3) is 109 Å². The zero-order valence-corrected chi connectivity index (χ0v) is 27.4. The first-order chi connectivity index (χ1) is 24.8. The molecule has 3 aromatic heterocycles. The lowest BCUT2D eigenvalue weighted by Crippen LogP contribution is -2.00. The maximum Gasteiger partial charge on any atom is 0.165 e. The second-order valence-electron chi connectivity index (χ2n) is 12.7. The molecule has 0 saturated carbocycles. The number of para-hydroxylation sites is 1. The van der Waals surface area contributed by atoms with Gasteiger partial charge in [0.15, 0.2) is 17.5 Å². The van der Waals surface area contributed by atoms with Gasteiger partial charge in [-0.2, -0.15) is 0 Å². The summed E-state index contributed by atoms with van der Waals surface area (Å²) in [6, 6.07) is 53.3. The van der Waals surface area contributed by atoms with Crippen LogP contribution in [-0.2, 0) is 0 Å². The largest absolute Gasteiger partial charge is 0.456 e. The first-order valence-corrected chi connectivity index (χ1v) is 17.5. The van der Waals surface area contributed by atoms with Crippen LogP contribution in [0.15, 0.2) is 156 Å². The van der Waals surface area contributed by atoms with E-state index >= 15 is 0 Å². The molecule has 0 aliphatic heterocycles. The van der Waals surface area contributed by atoms with E-state index in [2.05, 4.69) is 121 Å². The van der Waals surface area contributed by atoms with E-state index in [1.807, 2.05) is 30.3 Å². The maximum absolute atomic E-state index is 6.28. The molecule has 5 heteroatoms. The molecule has 0 aliphatic carbocycles. The van der Waals surface area contributed by atoms with E-state index in [-0.39, 0.29) is 0 Å². The van der Waals surface area contributed by atoms with Gasteiger partial charge in [-0.15, -0.1) is 11.3 Å². The van der Waals surface area contributed by atoms with E-state index in [9.17, 15) is 0 Å². The highest BCUT2D eigenvalue weighted by atomic mass is 32.1. The molecule has 0 aliphatic rings. The van der Waals surface area contributed by atoms with Crippen molar-refractivity contribution in [3.8, 4) is 34.2 Å². The Balaban J connectivity index is 1.17. The number of furan rings is 1. The van der Waals surface area contributed by atoms with Crippen molar-refractivity contribution in [1.29, 1.82) is 0 Å². The minimum Gasteiger partial charge on any atom is -0.456 e. The van der Waals surface area contributed by atoms with Crippen LogP contribution >= 0.6 is 11.3 Å². The van der Waals surface area contributed by atoms with Crippen molar-refractivity contribution >= 4 is 85.8 Å². The Morgan fingerprint density at radius 3 is 1.92 bits per heavy atom. The van der Waals surface area contributed by atoms with Crippen LogP contribution in [0.3, 0.4) is 0 Å². The third-order valence-electron chi connectivity index (χ3n) is 9.92. The molecule has 0 N–H and O–H groups in total. The zero-order chi connectivity index (χ0) is 32.8. The third-order valence-corrected chi connectivity index (χ3v) is 11.1. The lowest BCUT2D eigenvalue weighted by atomic mass is 9.96. The van der Waals surface area contributed by atoms with Gasteiger partial charge in [-0.25, -0.2) is 15.0 Å². The van der Waals surface area contributed by atoms with Gasteiger partial charge in [-0.1, -0.05) is 121 Å². The van der Waals surface area contributed by atoms with Crippen LogP contribution in [-0.4, -0.2) is 15.0 Å². The molecule has 8 aromatic carbocycles. The monoisotopic (exact) mass is 655 g/mol. The normalized spacial score (nSPS) is 12.0. The number of nitrogens with zero attached hydrogens (tertiary/aromatic N) is 3. The second kappa shape index (κ2) is 10.5. The zero-order valence-electron chi connectivity index (χ0n) is 26.6. The SMILES string of the molecule is c1ccc2c(c1)ccc1c3ccc(-c4nc(-c5cccc6c5sc5ccccc56)nc(-c5cccc6oc7ccccc7c56)n4)cc3ccc21. The summed E-state index contributed by atoms with van der Waals surface area (Å²) in [6.07, 6.45) is 0. The molecular formula is C45H25N3OS. The lowest BCUT2D eigenvalue weighted by Gasteiger charge is -2.11. The molecule has 50 heavy (non-hydrogen) atoms. The van der Waals surface area contributed by atoms with Gasteiger partial charge in [-0.3, -0.25) is 0 Å². The number of aromatic nitrogens is 3. The van der Waals surface area contributed by atoms with Gasteiger partial charge in [0, 0.05) is 47.6 Å². The first kappa shape index (κ1) is 27.5. The first-order valence-electron chi connectivity index (χ1n) is 16.7. The lowest BCUT2D eigenvalue weighted by molar-refractivity contribution is 0.669. The molecule has 0 amide bonds. The molecule has 232 valence electrons. The molecule has 11 aromatic rings. The fourth-order valence-corrected chi connectivity index (χ4v) is 8.81. The van der Waals surface area contributed by atoms with Crippen LogP contribution in [0.2, 0.25) is 0 Å². The van der Waals surface area contributed by atoms with Crippen LogP contribution in [0.4, 0.5) is 0 Å². The Labute approximate surface area is 289 Å². The molecule has 11 rings (SSSR count). The van der Waals surface area contributed by atoms with E-state index in [0.717, 1.165) is 44.0 Å². The maximum atomic E-state index is 6.28. The van der Waals surface area contributed by atoms with Crippen LogP contribution in [0.5, 0.6) is 0 Å². The fourth-order valence-electron chi connectivity index (χ4n) is 7.60. The minimum atomic E-state index is 0.616. The Kier molecular flexibility index (Phi) is 5.80. The molecule has 0 fully saturated rings. The Hall–Kier alpha value is -6.43. The van der Waals surface area contributed by atoms with Crippen molar-refractivity contribution in [3.05, 3.63) is 152 Å². The van der Waals surface area contributed by atoms with E-state index in [1.165, 1.54) is 47.1 Å². The van der Waals surface area contributed by atoms with Crippen molar-refractivity contribution in [2.75, 3.05) is 0 Å². The number of thiophene rings is 1. The van der Waals surface area contributed by atoms with Gasteiger partial charge in [-0.05, 0) is 62.6 Å². The molecule has 3 heterocycles. The predicted molar refractivity (Wildman–Crippen MR) is 209 cm³/mol. The standard InChI is InChI=1S/C45H25N3OS/c1-2-10-29-26(9-1)19-23-32-30-22-21-28(25-27(30)20-24-31(29)32)43-46-44(36-14-8-17-39-41(36)35-12-3-5-16-38(35)49-39)48-45(47-43)37-15-7-13-34-33-11-4-6-18-40(33)50-42(34)37/h1-25H. The number of fused-ring (bicyclic) bond motifs is 11. The highest BCUT2D eigenvalue weighted by Gasteiger charge is 2.20. The van der Waals surface area contributed by atoms with Crippen LogP contribution in [0.1, 0.15) is 0 Å². The Morgan fingerprint density at radius 1 is 0.400 bits per heavy atom. The Morgan fingerprint density at radius 2 is 1.02 bits per heavy atom. The molecule has 0 saturated heterocycles. The van der Waals surface area contributed by atoms with E-state index in [4.69, 9.17) is 19.4 Å². The van der Waals surface area contributed by atoms with Gasteiger partial charge < -0.3 is 4.42 Å². The number of hydrogen-bond donors (Lipinski definition) is 0. The van der Waals surface area contributed by atoms with Gasteiger partial charge in [0.1, 0.15) is 11.2 Å². The van der Waals surface area contributed by atoms with Gasteiger partial charge in [0.25, 0.3) is 0 Å². The van der Waals surface area contributed by atoms with Crippen molar-refractivity contribution in [1.82, 2.24) is 15.0 Å². The van der Waals surface area contributed by atoms with E-state index < -0.39 is 0 Å². The minimum absolute atomic E-state index is 0.616. The highest BCUT2D eigenvalue weighted by Crippen LogP contribution is 2.41. The number of rotatable bonds is 3. The summed E-state index contributed by atoms with van der Waals surface area (Å²) in [5.41, 5.74) is 4.50. The van der Waals surface area contributed by atoms with Gasteiger partial charge in [0.05, 0.1) is 0 Å². The summed E-state index contributed by atoms with van der Waals surface area (Å²) in [7, 11) is 0. The summed E-state index contributed by atoms with van der Waals surface area (Å²) in [6.45, 7) is 0. The van der Waals surface area contributed by atoms with Gasteiger partial charge >= 0.3 is 0 Å². The topological polar surface area (TPSA) is 51.8 Å². The summed E-state index contributed by atoms with van der Waals surface area (Å²) >= 11 is 1.78. The molecule has 0 spiro atoms. The van der Waals surface area contributed by atoms with Crippen LogP contribution < -0.4 is 0 Å². The molecule has 4 nitrogen and oxygen atoms in total. The van der Waals surface area contributed by atoms with E-state index in [0.29, 0.717) is 17.5 Å².